The number of rotatable bonds is 3. The SMILES string of the molecule is CC1=CCN(Cc2ccc(F)cc2CN)CC1. The highest BCUT2D eigenvalue weighted by atomic mass is 19.1. The molecule has 0 spiro atoms. The lowest BCUT2D eigenvalue weighted by atomic mass is 10.0. The average molecular weight is 234 g/mol. The molecule has 1 heterocycles. The van der Waals surface area contributed by atoms with Crippen LogP contribution in [0.1, 0.15) is 24.5 Å². The van der Waals surface area contributed by atoms with Crippen LogP contribution in [0.15, 0.2) is 29.8 Å². The molecular formula is C14H19FN2. The van der Waals surface area contributed by atoms with Crippen molar-refractivity contribution < 1.29 is 4.39 Å². The Balaban J connectivity index is 2.08. The number of nitrogens with zero attached hydrogens (tertiary/aromatic N) is 1. The topological polar surface area (TPSA) is 29.3 Å². The van der Waals surface area contributed by atoms with Crippen LogP contribution in [-0.2, 0) is 13.1 Å². The monoisotopic (exact) mass is 234 g/mol. The van der Waals surface area contributed by atoms with Gasteiger partial charge in [-0.3, -0.25) is 4.90 Å². The lowest BCUT2D eigenvalue weighted by molar-refractivity contribution is 0.285. The summed E-state index contributed by atoms with van der Waals surface area (Å²) in [4.78, 5) is 2.36. The minimum atomic E-state index is -0.205. The van der Waals surface area contributed by atoms with Crippen molar-refractivity contribution >= 4 is 0 Å². The summed E-state index contributed by atoms with van der Waals surface area (Å²) < 4.78 is 13.1. The van der Waals surface area contributed by atoms with Crippen LogP contribution in [-0.4, -0.2) is 18.0 Å². The number of nitrogens with two attached hydrogens (primary N) is 1. The van der Waals surface area contributed by atoms with Gasteiger partial charge in [0.1, 0.15) is 5.82 Å². The molecule has 17 heavy (non-hydrogen) atoms. The maximum absolute atomic E-state index is 13.1. The Labute approximate surface area is 102 Å². The van der Waals surface area contributed by atoms with E-state index in [1.165, 1.54) is 11.6 Å². The van der Waals surface area contributed by atoms with E-state index in [0.29, 0.717) is 6.54 Å². The molecular weight excluding hydrogens is 215 g/mol. The zero-order valence-electron chi connectivity index (χ0n) is 10.2. The van der Waals surface area contributed by atoms with E-state index < -0.39 is 0 Å². The van der Waals surface area contributed by atoms with Gasteiger partial charge in [0.2, 0.25) is 0 Å². The van der Waals surface area contributed by atoms with Crippen LogP contribution in [0.4, 0.5) is 4.39 Å². The lowest BCUT2D eigenvalue weighted by Gasteiger charge is -2.26. The Morgan fingerprint density at radius 1 is 1.35 bits per heavy atom. The van der Waals surface area contributed by atoms with Crippen molar-refractivity contribution in [2.75, 3.05) is 13.1 Å². The van der Waals surface area contributed by atoms with Gasteiger partial charge in [0.15, 0.2) is 0 Å². The summed E-state index contributed by atoms with van der Waals surface area (Å²) in [5, 5.41) is 0. The highest BCUT2D eigenvalue weighted by Gasteiger charge is 2.11. The van der Waals surface area contributed by atoms with Crippen molar-refractivity contribution in [3.8, 4) is 0 Å². The van der Waals surface area contributed by atoms with Gasteiger partial charge in [-0.25, -0.2) is 4.39 Å². The van der Waals surface area contributed by atoms with Crippen molar-refractivity contribution in [3.63, 3.8) is 0 Å². The van der Waals surface area contributed by atoms with Crippen molar-refractivity contribution in [1.82, 2.24) is 4.90 Å². The molecule has 0 amide bonds. The fourth-order valence-corrected chi connectivity index (χ4v) is 2.14. The third-order valence-corrected chi connectivity index (χ3v) is 3.30. The molecule has 0 atom stereocenters. The molecule has 0 aromatic heterocycles. The van der Waals surface area contributed by atoms with Gasteiger partial charge in [0.25, 0.3) is 0 Å². The molecule has 1 aromatic carbocycles. The van der Waals surface area contributed by atoms with Crippen molar-refractivity contribution in [2.45, 2.75) is 26.4 Å². The molecule has 0 radical (unpaired) electrons. The summed E-state index contributed by atoms with van der Waals surface area (Å²) >= 11 is 0. The fourth-order valence-electron chi connectivity index (χ4n) is 2.14. The molecule has 0 fully saturated rings. The Hall–Kier alpha value is -1.19. The van der Waals surface area contributed by atoms with Gasteiger partial charge in [-0.1, -0.05) is 17.7 Å². The summed E-state index contributed by atoms with van der Waals surface area (Å²) in [6.07, 6.45) is 3.38. The third-order valence-electron chi connectivity index (χ3n) is 3.30. The summed E-state index contributed by atoms with van der Waals surface area (Å²) in [6, 6.07) is 4.91. The first-order valence-electron chi connectivity index (χ1n) is 6.04. The summed E-state index contributed by atoms with van der Waals surface area (Å²) in [5.74, 6) is -0.205. The molecule has 0 saturated carbocycles. The second-order valence-electron chi connectivity index (χ2n) is 4.65. The fraction of sp³-hybridized carbons (Fsp3) is 0.429. The standard InChI is InChI=1S/C14H19FN2/c1-11-4-6-17(7-5-11)10-12-2-3-14(15)8-13(12)9-16/h2-4,8H,5-7,9-10,16H2,1H3. The van der Waals surface area contributed by atoms with Crippen LogP contribution in [0.2, 0.25) is 0 Å². The molecule has 0 aliphatic carbocycles. The maximum atomic E-state index is 13.1. The van der Waals surface area contributed by atoms with E-state index in [9.17, 15) is 4.39 Å². The van der Waals surface area contributed by atoms with Gasteiger partial charge >= 0.3 is 0 Å². The van der Waals surface area contributed by atoms with Crippen LogP contribution in [0.5, 0.6) is 0 Å². The first-order chi connectivity index (χ1) is 8.19. The Kier molecular flexibility index (Phi) is 3.92. The molecule has 0 bridgehead atoms. The van der Waals surface area contributed by atoms with Crippen LogP contribution in [0.3, 0.4) is 0 Å². The predicted octanol–water partition coefficient (Wildman–Crippen LogP) is 2.44. The van der Waals surface area contributed by atoms with Crippen LogP contribution in [0, 0.1) is 5.82 Å². The minimum Gasteiger partial charge on any atom is -0.326 e. The van der Waals surface area contributed by atoms with Crippen molar-refractivity contribution in [2.24, 2.45) is 5.73 Å². The Bertz CT molecular complexity index is 426. The van der Waals surface area contributed by atoms with Gasteiger partial charge in [0.05, 0.1) is 0 Å². The van der Waals surface area contributed by atoms with Gasteiger partial charge in [0, 0.05) is 26.2 Å². The molecule has 3 heteroatoms. The van der Waals surface area contributed by atoms with E-state index in [0.717, 1.165) is 37.2 Å². The third kappa shape index (κ3) is 3.14. The summed E-state index contributed by atoms with van der Waals surface area (Å²) in [7, 11) is 0. The molecule has 1 aliphatic rings. The molecule has 0 unspecified atom stereocenters. The Morgan fingerprint density at radius 3 is 2.82 bits per heavy atom. The van der Waals surface area contributed by atoms with E-state index in [4.69, 9.17) is 5.73 Å². The predicted molar refractivity (Wildman–Crippen MR) is 67.9 cm³/mol. The molecule has 92 valence electrons. The van der Waals surface area contributed by atoms with Crippen LogP contribution >= 0.6 is 0 Å². The number of halogens is 1. The largest absolute Gasteiger partial charge is 0.326 e. The van der Waals surface area contributed by atoms with E-state index >= 15 is 0 Å². The second kappa shape index (κ2) is 5.43. The van der Waals surface area contributed by atoms with Gasteiger partial charge in [-0.05, 0) is 36.6 Å². The van der Waals surface area contributed by atoms with Crippen molar-refractivity contribution in [3.05, 3.63) is 46.8 Å². The normalized spacial score (nSPS) is 17.0. The smallest absolute Gasteiger partial charge is 0.123 e. The number of hydrogen-bond donors (Lipinski definition) is 1. The maximum Gasteiger partial charge on any atom is 0.123 e. The molecule has 1 aliphatic heterocycles. The van der Waals surface area contributed by atoms with Gasteiger partial charge in [-0.2, -0.15) is 0 Å². The average Bonchev–Trinajstić information content (AvgIpc) is 2.34. The first-order valence-corrected chi connectivity index (χ1v) is 6.04. The number of hydrogen-bond acceptors (Lipinski definition) is 2. The second-order valence-corrected chi connectivity index (χ2v) is 4.65. The summed E-state index contributed by atoms with van der Waals surface area (Å²) in [6.45, 7) is 5.48. The molecule has 2 rings (SSSR count). The van der Waals surface area contributed by atoms with E-state index in [1.807, 2.05) is 6.07 Å². The molecule has 1 aromatic rings. The lowest BCUT2D eigenvalue weighted by Crippen LogP contribution is -2.28. The highest BCUT2D eigenvalue weighted by Crippen LogP contribution is 2.16. The van der Waals surface area contributed by atoms with E-state index in [1.54, 1.807) is 6.07 Å². The molecule has 0 saturated heterocycles. The van der Waals surface area contributed by atoms with Crippen LogP contribution < -0.4 is 5.73 Å². The number of benzene rings is 1. The van der Waals surface area contributed by atoms with Crippen molar-refractivity contribution in [1.29, 1.82) is 0 Å². The Morgan fingerprint density at radius 2 is 2.18 bits per heavy atom. The first kappa shape index (κ1) is 12.3. The zero-order valence-corrected chi connectivity index (χ0v) is 10.2. The summed E-state index contributed by atoms with van der Waals surface area (Å²) in [5.41, 5.74) is 9.16. The van der Waals surface area contributed by atoms with Gasteiger partial charge < -0.3 is 5.73 Å². The quantitative estimate of drug-likeness (QED) is 0.814. The molecule has 2 N–H and O–H groups in total. The molecule has 2 nitrogen and oxygen atoms in total. The zero-order chi connectivity index (χ0) is 12.3. The minimum absolute atomic E-state index is 0.205. The van der Waals surface area contributed by atoms with Gasteiger partial charge in [-0.15, -0.1) is 0 Å². The van der Waals surface area contributed by atoms with E-state index in [2.05, 4.69) is 17.9 Å². The highest BCUT2D eigenvalue weighted by molar-refractivity contribution is 5.28. The van der Waals surface area contributed by atoms with Crippen LogP contribution in [0.25, 0.3) is 0 Å². The van der Waals surface area contributed by atoms with E-state index in [-0.39, 0.29) is 5.82 Å².